The van der Waals surface area contributed by atoms with Gasteiger partial charge in [-0.1, -0.05) is 48.5 Å². The van der Waals surface area contributed by atoms with Gasteiger partial charge in [-0.15, -0.1) is 0 Å². The molecule has 0 saturated carbocycles. The van der Waals surface area contributed by atoms with Gasteiger partial charge >= 0.3 is 0 Å². The minimum atomic E-state index is 0.757. The van der Waals surface area contributed by atoms with E-state index in [1.54, 1.807) is 14.2 Å². The average Bonchev–Trinajstić information content (AvgIpc) is 3.27. The molecule has 0 radical (unpaired) electrons. The summed E-state index contributed by atoms with van der Waals surface area (Å²) in [6, 6.07) is 23.5. The van der Waals surface area contributed by atoms with Crippen molar-refractivity contribution in [2.75, 3.05) is 45.3 Å². The Labute approximate surface area is 195 Å². The van der Waals surface area contributed by atoms with Crippen LogP contribution in [0.15, 0.2) is 79.1 Å². The molecule has 1 aliphatic rings. The molecule has 1 aliphatic heterocycles. The first-order valence-corrected chi connectivity index (χ1v) is 11.5. The third-order valence-electron chi connectivity index (χ3n) is 6.49. The number of methoxy groups -OCH3 is 2. The number of rotatable bonds is 7. The molecule has 1 saturated heterocycles. The molecule has 0 bridgehead atoms. The zero-order valence-electron chi connectivity index (χ0n) is 19.4. The van der Waals surface area contributed by atoms with Gasteiger partial charge in [0.1, 0.15) is 0 Å². The van der Waals surface area contributed by atoms with Crippen molar-refractivity contribution in [3.8, 4) is 11.5 Å². The summed E-state index contributed by atoms with van der Waals surface area (Å²) in [5, 5.41) is 2.59. The number of aromatic nitrogens is 1. The van der Waals surface area contributed by atoms with E-state index in [0.29, 0.717) is 0 Å². The topological polar surface area (TPSA) is 29.9 Å². The molecule has 0 amide bonds. The van der Waals surface area contributed by atoms with Gasteiger partial charge in [0.05, 0.1) is 14.2 Å². The lowest BCUT2D eigenvalue weighted by Gasteiger charge is -2.36. The second-order valence-corrected chi connectivity index (χ2v) is 8.65. The SMILES string of the molecule is COc1ccc(Cn2cc3cccc(N4CCN(Cc5ccccc5)CC4)c3c2)cc1OC. The summed E-state index contributed by atoms with van der Waals surface area (Å²) in [4.78, 5) is 5.08. The average molecular weight is 442 g/mol. The van der Waals surface area contributed by atoms with Gasteiger partial charge in [0.15, 0.2) is 11.5 Å². The standard InChI is InChI=1S/C28H31N3O2/c1-32-27-12-11-23(17-28(27)33-2)19-30-20-24-9-6-10-26(25(24)21-30)31-15-13-29(14-16-31)18-22-7-4-3-5-8-22/h3-12,17,20-21H,13-16,18-19H2,1-2H3. The molecule has 0 N–H and O–H groups in total. The van der Waals surface area contributed by atoms with Crippen LogP contribution in [0.3, 0.4) is 0 Å². The predicted molar refractivity (Wildman–Crippen MR) is 135 cm³/mol. The summed E-state index contributed by atoms with van der Waals surface area (Å²) in [6.45, 7) is 6.08. The molecule has 170 valence electrons. The van der Waals surface area contributed by atoms with Crippen molar-refractivity contribution in [2.45, 2.75) is 13.1 Å². The van der Waals surface area contributed by atoms with E-state index in [9.17, 15) is 0 Å². The van der Waals surface area contributed by atoms with Crippen LogP contribution in [0.25, 0.3) is 10.8 Å². The fourth-order valence-electron chi connectivity index (χ4n) is 4.75. The Kier molecular flexibility index (Phi) is 6.22. The first kappa shape index (κ1) is 21.4. The Bertz CT molecular complexity index is 1210. The smallest absolute Gasteiger partial charge is 0.161 e. The van der Waals surface area contributed by atoms with E-state index in [0.717, 1.165) is 50.8 Å². The highest BCUT2D eigenvalue weighted by molar-refractivity contribution is 5.94. The Morgan fingerprint density at radius 3 is 2.24 bits per heavy atom. The number of benzene rings is 3. The van der Waals surface area contributed by atoms with Crippen molar-refractivity contribution >= 4 is 16.5 Å². The summed E-state index contributed by atoms with van der Waals surface area (Å²) >= 11 is 0. The van der Waals surface area contributed by atoms with Crippen LogP contribution in [0.1, 0.15) is 11.1 Å². The minimum Gasteiger partial charge on any atom is -0.493 e. The first-order chi connectivity index (χ1) is 16.2. The molecule has 33 heavy (non-hydrogen) atoms. The van der Waals surface area contributed by atoms with Gasteiger partial charge in [-0.3, -0.25) is 4.90 Å². The van der Waals surface area contributed by atoms with Crippen LogP contribution in [0, 0.1) is 0 Å². The molecule has 4 aromatic rings. The van der Waals surface area contributed by atoms with E-state index in [2.05, 4.69) is 87.4 Å². The Morgan fingerprint density at radius 2 is 1.48 bits per heavy atom. The maximum absolute atomic E-state index is 5.47. The molecule has 0 spiro atoms. The molecule has 5 heteroatoms. The summed E-state index contributed by atoms with van der Waals surface area (Å²) in [6.07, 6.45) is 4.51. The molecule has 0 unspecified atom stereocenters. The number of hydrogen-bond acceptors (Lipinski definition) is 4. The third kappa shape index (κ3) is 4.69. The molecule has 2 heterocycles. The largest absolute Gasteiger partial charge is 0.493 e. The van der Waals surface area contributed by atoms with E-state index in [1.807, 2.05) is 6.07 Å². The second kappa shape index (κ2) is 9.59. The van der Waals surface area contributed by atoms with Crippen LogP contribution in [0.4, 0.5) is 5.69 Å². The van der Waals surface area contributed by atoms with Crippen LogP contribution < -0.4 is 14.4 Å². The van der Waals surface area contributed by atoms with Gasteiger partial charge in [-0.25, -0.2) is 0 Å². The number of anilines is 1. The van der Waals surface area contributed by atoms with Crippen LogP contribution in [-0.2, 0) is 13.1 Å². The lowest BCUT2D eigenvalue weighted by Crippen LogP contribution is -2.46. The normalized spacial score (nSPS) is 14.5. The van der Waals surface area contributed by atoms with Crippen LogP contribution in [-0.4, -0.2) is 49.9 Å². The fourth-order valence-corrected chi connectivity index (χ4v) is 4.75. The summed E-state index contributed by atoms with van der Waals surface area (Å²) < 4.78 is 13.1. The number of fused-ring (bicyclic) bond motifs is 1. The summed E-state index contributed by atoms with van der Waals surface area (Å²) in [5.41, 5.74) is 3.90. The van der Waals surface area contributed by atoms with Crippen molar-refractivity contribution in [3.63, 3.8) is 0 Å². The van der Waals surface area contributed by atoms with Crippen molar-refractivity contribution in [1.82, 2.24) is 9.47 Å². The summed E-state index contributed by atoms with van der Waals surface area (Å²) in [7, 11) is 3.34. The fraction of sp³-hybridized carbons (Fsp3) is 0.286. The monoisotopic (exact) mass is 441 g/mol. The Hall–Kier alpha value is -3.44. The van der Waals surface area contributed by atoms with E-state index in [4.69, 9.17) is 9.47 Å². The lowest BCUT2D eigenvalue weighted by atomic mass is 10.1. The van der Waals surface area contributed by atoms with Gasteiger partial charge in [0, 0.05) is 68.1 Å². The number of ether oxygens (including phenoxy) is 2. The van der Waals surface area contributed by atoms with E-state index < -0.39 is 0 Å². The number of nitrogens with zero attached hydrogens (tertiary/aromatic N) is 3. The van der Waals surface area contributed by atoms with Crippen molar-refractivity contribution in [1.29, 1.82) is 0 Å². The third-order valence-corrected chi connectivity index (χ3v) is 6.49. The summed E-state index contributed by atoms with van der Waals surface area (Å²) in [5.74, 6) is 1.52. The molecule has 3 aromatic carbocycles. The van der Waals surface area contributed by atoms with Gasteiger partial charge < -0.3 is 18.9 Å². The van der Waals surface area contributed by atoms with E-state index in [-0.39, 0.29) is 0 Å². The van der Waals surface area contributed by atoms with Crippen LogP contribution in [0.5, 0.6) is 11.5 Å². The molecule has 1 aromatic heterocycles. The van der Waals surface area contributed by atoms with Gasteiger partial charge in [-0.2, -0.15) is 0 Å². The van der Waals surface area contributed by atoms with Crippen molar-refractivity contribution in [3.05, 3.63) is 90.3 Å². The zero-order chi connectivity index (χ0) is 22.6. The van der Waals surface area contributed by atoms with Gasteiger partial charge in [-0.05, 0) is 29.3 Å². The van der Waals surface area contributed by atoms with Crippen LogP contribution >= 0.6 is 0 Å². The zero-order valence-corrected chi connectivity index (χ0v) is 19.4. The minimum absolute atomic E-state index is 0.757. The highest BCUT2D eigenvalue weighted by atomic mass is 16.5. The van der Waals surface area contributed by atoms with Gasteiger partial charge in [0.25, 0.3) is 0 Å². The maximum atomic E-state index is 5.47. The maximum Gasteiger partial charge on any atom is 0.161 e. The molecular weight excluding hydrogens is 410 g/mol. The van der Waals surface area contributed by atoms with E-state index in [1.165, 1.54) is 27.6 Å². The predicted octanol–water partition coefficient (Wildman–Crippen LogP) is 5.03. The Balaban J connectivity index is 1.30. The molecule has 0 atom stereocenters. The Morgan fingerprint density at radius 1 is 0.697 bits per heavy atom. The van der Waals surface area contributed by atoms with Gasteiger partial charge in [0.2, 0.25) is 0 Å². The number of piperazine rings is 1. The lowest BCUT2D eigenvalue weighted by molar-refractivity contribution is 0.250. The quantitative estimate of drug-likeness (QED) is 0.402. The molecule has 1 fully saturated rings. The highest BCUT2D eigenvalue weighted by Gasteiger charge is 2.19. The number of hydrogen-bond donors (Lipinski definition) is 0. The first-order valence-electron chi connectivity index (χ1n) is 11.5. The van der Waals surface area contributed by atoms with E-state index >= 15 is 0 Å². The highest BCUT2D eigenvalue weighted by Crippen LogP contribution is 2.31. The van der Waals surface area contributed by atoms with Crippen molar-refractivity contribution < 1.29 is 9.47 Å². The second-order valence-electron chi connectivity index (χ2n) is 8.65. The molecular formula is C28H31N3O2. The molecule has 0 aliphatic carbocycles. The van der Waals surface area contributed by atoms with Crippen LogP contribution in [0.2, 0.25) is 0 Å². The molecule has 5 rings (SSSR count). The molecule has 5 nitrogen and oxygen atoms in total. The van der Waals surface area contributed by atoms with Crippen molar-refractivity contribution in [2.24, 2.45) is 0 Å².